The van der Waals surface area contributed by atoms with E-state index in [0.717, 1.165) is 44.1 Å². The number of carbonyl (C=O) groups is 1. The molecule has 0 aliphatic heterocycles. The Morgan fingerprint density at radius 1 is 1.08 bits per heavy atom. The van der Waals surface area contributed by atoms with E-state index in [1.54, 1.807) is 6.08 Å². The minimum Gasteiger partial charge on any atom is -0.321 e. The van der Waals surface area contributed by atoms with E-state index in [-0.39, 0.29) is 10.8 Å². The average Bonchev–Trinajstić information content (AvgIpc) is 2.81. The van der Waals surface area contributed by atoms with E-state index in [9.17, 15) is 19.1 Å². The molecule has 5 atom stereocenters. The quantitative estimate of drug-likeness (QED) is 0.696. The molecule has 0 heterocycles. The van der Waals surface area contributed by atoms with Crippen LogP contribution >= 0.6 is 7.60 Å². The Morgan fingerprint density at radius 3 is 2.50 bits per heavy atom. The fourth-order valence-electron chi connectivity index (χ4n) is 6.31. The largest absolute Gasteiger partial charge is 0.352 e. The van der Waals surface area contributed by atoms with Gasteiger partial charge in [-0.25, -0.2) is 0 Å². The second-order valence-electron chi connectivity index (χ2n) is 8.79. The molecule has 0 saturated heterocycles. The Labute approximate surface area is 143 Å². The predicted molar refractivity (Wildman–Crippen MR) is 92.2 cm³/mol. The summed E-state index contributed by atoms with van der Waals surface area (Å²) in [6.07, 6.45) is 10.1. The first-order chi connectivity index (χ1) is 11.2. The molecule has 0 bridgehead atoms. The molecule has 0 spiro atoms. The molecular weight excluding hydrogens is 323 g/mol. The van der Waals surface area contributed by atoms with Crippen molar-refractivity contribution in [3.63, 3.8) is 0 Å². The number of carbonyl (C=O) groups excluding carboxylic acids is 1. The summed E-state index contributed by atoms with van der Waals surface area (Å²) in [7, 11) is -4.13. The maximum absolute atomic E-state index is 12.4. The molecule has 0 aromatic heterocycles. The van der Waals surface area contributed by atoms with Gasteiger partial charge in [-0.05, 0) is 73.3 Å². The van der Waals surface area contributed by atoms with Crippen LogP contribution in [0.5, 0.6) is 0 Å². The Kier molecular flexibility index (Phi) is 3.60. The summed E-state index contributed by atoms with van der Waals surface area (Å²) in [4.78, 5) is 31.4. The number of rotatable bonds is 1. The summed E-state index contributed by atoms with van der Waals surface area (Å²) < 4.78 is 11.6. The summed E-state index contributed by atoms with van der Waals surface area (Å²) in [5.41, 5.74) is 1.01. The van der Waals surface area contributed by atoms with Crippen molar-refractivity contribution < 1.29 is 19.1 Å². The van der Waals surface area contributed by atoms with Crippen LogP contribution in [0.25, 0.3) is 0 Å². The molecule has 0 unspecified atom stereocenters. The Balaban J connectivity index is 1.71. The second-order valence-corrected chi connectivity index (χ2v) is 10.4. The highest BCUT2D eigenvalue weighted by molar-refractivity contribution is 7.56. The number of ketones is 1. The molecule has 0 aromatic rings. The first-order valence-corrected chi connectivity index (χ1v) is 10.8. The molecule has 4 aliphatic carbocycles. The van der Waals surface area contributed by atoms with E-state index in [1.807, 2.05) is 0 Å². The highest BCUT2D eigenvalue weighted by Crippen LogP contribution is 2.65. The topological polar surface area (TPSA) is 74.6 Å². The zero-order valence-electron chi connectivity index (χ0n) is 14.5. The number of hydrogen-bond acceptors (Lipinski definition) is 2. The van der Waals surface area contributed by atoms with E-state index in [1.165, 1.54) is 0 Å². The van der Waals surface area contributed by atoms with Gasteiger partial charge in [-0.3, -0.25) is 9.36 Å². The molecule has 4 rings (SSSR count). The van der Waals surface area contributed by atoms with Crippen LogP contribution in [0.2, 0.25) is 0 Å². The van der Waals surface area contributed by atoms with Crippen molar-refractivity contribution in [1.29, 1.82) is 0 Å². The molecule has 2 saturated carbocycles. The van der Waals surface area contributed by atoms with Crippen molar-refractivity contribution in [2.75, 3.05) is 0 Å². The van der Waals surface area contributed by atoms with Crippen molar-refractivity contribution >= 4 is 13.4 Å². The van der Waals surface area contributed by atoms with Gasteiger partial charge < -0.3 is 9.79 Å². The maximum atomic E-state index is 12.4. The molecular formula is C19H27O4P. The van der Waals surface area contributed by atoms with Crippen LogP contribution in [0.1, 0.15) is 58.8 Å². The monoisotopic (exact) mass is 350 g/mol. The van der Waals surface area contributed by atoms with Gasteiger partial charge in [-0.1, -0.05) is 19.9 Å². The van der Waals surface area contributed by atoms with Gasteiger partial charge in [0, 0.05) is 17.2 Å². The summed E-state index contributed by atoms with van der Waals surface area (Å²) in [5, 5.41) is 0.293. The van der Waals surface area contributed by atoms with Gasteiger partial charge in [0.15, 0.2) is 0 Å². The number of hydrogen-bond donors (Lipinski definition) is 2. The van der Waals surface area contributed by atoms with Gasteiger partial charge in [-0.15, -0.1) is 0 Å². The summed E-state index contributed by atoms with van der Waals surface area (Å²) in [6, 6.07) is 0. The smallest absolute Gasteiger partial charge is 0.321 e. The lowest BCUT2D eigenvalue weighted by atomic mass is 9.49. The standard InChI is InChI=1S/C19H27O4P/c1-18-9-7-13(24(21,22)23)11-12(18)3-4-14-15-5-6-17(20)19(15,2)10-8-16(14)18/h3,11,14-16H,4-10H2,1-2H3,(H2,21,22,23)/t14-,15-,16-,18-,19-/m0/s1. The highest BCUT2D eigenvalue weighted by atomic mass is 31.2. The van der Waals surface area contributed by atoms with Crippen LogP contribution in [0.3, 0.4) is 0 Å². The van der Waals surface area contributed by atoms with Crippen LogP contribution in [0.4, 0.5) is 0 Å². The Hall–Kier alpha value is -0.700. The Morgan fingerprint density at radius 2 is 1.79 bits per heavy atom. The average molecular weight is 350 g/mol. The van der Waals surface area contributed by atoms with Crippen LogP contribution in [0, 0.1) is 28.6 Å². The number of Topliss-reactive ketones (excluding diaryl/α,β-unsaturated/α-hetero) is 1. The molecule has 4 nitrogen and oxygen atoms in total. The van der Waals surface area contributed by atoms with Crippen molar-refractivity contribution in [3.05, 3.63) is 23.0 Å². The minimum absolute atomic E-state index is 0.00849. The van der Waals surface area contributed by atoms with E-state index < -0.39 is 7.60 Å². The number of fused-ring (bicyclic) bond motifs is 5. The van der Waals surface area contributed by atoms with Gasteiger partial charge in [0.05, 0.1) is 0 Å². The van der Waals surface area contributed by atoms with Gasteiger partial charge in [0.2, 0.25) is 0 Å². The Bertz CT molecular complexity index is 702. The van der Waals surface area contributed by atoms with Crippen LogP contribution in [0.15, 0.2) is 23.0 Å². The lowest BCUT2D eigenvalue weighted by Gasteiger charge is -2.55. The second kappa shape index (κ2) is 5.16. The van der Waals surface area contributed by atoms with Crippen molar-refractivity contribution in [2.24, 2.45) is 28.6 Å². The van der Waals surface area contributed by atoms with Crippen molar-refractivity contribution in [2.45, 2.75) is 58.8 Å². The van der Waals surface area contributed by atoms with E-state index >= 15 is 0 Å². The van der Waals surface area contributed by atoms with Crippen LogP contribution in [-0.2, 0) is 9.36 Å². The predicted octanol–water partition coefficient (Wildman–Crippen LogP) is 4.19. The normalized spacial score (nSPS) is 45.0. The highest BCUT2D eigenvalue weighted by Gasteiger charge is 2.58. The third-order valence-electron chi connectivity index (χ3n) is 7.83. The van der Waals surface area contributed by atoms with Gasteiger partial charge in [0.1, 0.15) is 5.78 Å². The first-order valence-electron chi connectivity index (χ1n) is 9.17. The molecule has 4 aliphatic rings. The van der Waals surface area contributed by atoms with Gasteiger partial charge in [0.25, 0.3) is 0 Å². The SMILES string of the molecule is C[C@]12CCC(P(=O)(O)O)=CC1=CC[C@@H]1[C@@H]2CC[C@]2(C)C(=O)CC[C@@H]12. The van der Waals surface area contributed by atoms with E-state index in [2.05, 4.69) is 19.9 Å². The summed E-state index contributed by atoms with van der Waals surface area (Å²) in [5.74, 6) is 2.04. The van der Waals surface area contributed by atoms with Gasteiger partial charge >= 0.3 is 7.60 Å². The summed E-state index contributed by atoms with van der Waals surface area (Å²) in [6.45, 7) is 4.46. The molecule has 5 heteroatoms. The van der Waals surface area contributed by atoms with Crippen molar-refractivity contribution in [3.8, 4) is 0 Å². The van der Waals surface area contributed by atoms with E-state index in [4.69, 9.17) is 0 Å². The molecule has 0 aromatic carbocycles. The van der Waals surface area contributed by atoms with Crippen molar-refractivity contribution in [1.82, 2.24) is 0 Å². The minimum atomic E-state index is -4.13. The van der Waals surface area contributed by atoms with Gasteiger partial charge in [-0.2, -0.15) is 0 Å². The molecule has 2 N–H and O–H groups in total. The van der Waals surface area contributed by atoms with Crippen LogP contribution < -0.4 is 0 Å². The molecule has 2 fully saturated rings. The third kappa shape index (κ3) is 2.19. The van der Waals surface area contributed by atoms with E-state index in [0.29, 0.717) is 35.3 Å². The lowest BCUT2D eigenvalue weighted by Crippen LogP contribution is -2.49. The lowest BCUT2D eigenvalue weighted by molar-refractivity contribution is -0.131. The zero-order valence-corrected chi connectivity index (χ0v) is 15.4. The number of allylic oxidation sites excluding steroid dienone is 4. The fourth-order valence-corrected chi connectivity index (χ4v) is 7.02. The summed E-state index contributed by atoms with van der Waals surface area (Å²) >= 11 is 0. The first kappa shape index (κ1) is 16.8. The molecule has 132 valence electrons. The molecule has 0 amide bonds. The zero-order chi connectivity index (χ0) is 17.3. The maximum Gasteiger partial charge on any atom is 0.352 e. The van der Waals surface area contributed by atoms with Crippen LogP contribution in [-0.4, -0.2) is 15.6 Å². The third-order valence-corrected chi connectivity index (χ3v) is 8.93. The molecule has 0 radical (unpaired) electrons. The fraction of sp³-hybridized carbons (Fsp3) is 0.737. The molecule has 24 heavy (non-hydrogen) atoms.